The fraction of sp³-hybridized carbons (Fsp3) is 0.250. The first-order valence-electron chi connectivity index (χ1n) is 6.34. The van der Waals surface area contributed by atoms with Crippen LogP contribution in [0.15, 0.2) is 48.5 Å². The average Bonchev–Trinajstić information content (AvgIpc) is 2.47. The highest BCUT2D eigenvalue weighted by Gasteiger charge is 2.29. The van der Waals surface area contributed by atoms with Gasteiger partial charge in [0.2, 0.25) is 0 Å². The summed E-state index contributed by atoms with van der Waals surface area (Å²) in [4.78, 5) is 0. The first-order chi connectivity index (χ1) is 9.28. The third-order valence-corrected chi connectivity index (χ3v) is 3.43. The van der Waals surface area contributed by atoms with Crippen molar-refractivity contribution in [2.24, 2.45) is 0 Å². The van der Waals surface area contributed by atoms with Gasteiger partial charge in [0, 0.05) is 12.0 Å². The minimum Gasteiger partial charge on any atom is -0.497 e. The lowest BCUT2D eigenvalue weighted by Crippen LogP contribution is -2.30. The number of ether oxygens (including phenoxy) is 2. The molecule has 98 valence electrons. The monoisotopic (exact) mass is 256 g/mol. The Morgan fingerprint density at radius 1 is 1.16 bits per heavy atom. The molecule has 3 heteroatoms. The molecule has 0 aromatic heterocycles. The number of aliphatic hydroxyl groups is 1. The second-order valence-corrected chi connectivity index (χ2v) is 4.69. The standard InChI is InChI=1S/C16H16O3/c1-18-13-7-8-15-12(9-13)10-14(17)16(19-15)11-5-3-2-4-6-11/h2-9,14,16-17H,10H2,1H3/t14-,16+/m0/s1. The molecule has 1 aliphatic heterocycles. The van der Waals surface area contributed by atoms with E-state index in [1.807, 2.05) is 48.5 Å². The summed E-state index contributed by atoms with van der Waals surface area (Å²) < 4.78 is 11.1. The summed E-state index contributed by atoms with van der Waals surface area (Å²) in [6.07, 6.45) is -0.268. The van der Waals surface area contributed by atoms with Crippen molar-refractivity contribution in [2.75, 3.05) is 7.11 Å². The summed E-state index contributed by atoms with van der Waals surface area (Å²) in [6, 6.07) is 15.5. The van der Waals surface area contributed by atoms with E-state index in [-0.39, 0.29) is 6.10 Å². The molecule has 0 fully saturated rings. The van der Waals surface area contributed by atoms with Gasteiger partial charge in [0.25, 0.3) is 0 Å². The molecule has 0 radical (unpaired) electrons. The maximum Gasteiger partial charge on any atom is 0.150 e. The van der Waals surface area contributed by atoms with E-state index >= 15 is 0 Å². The van der Waals surface area contributed by atoms with Gasteiger partial charge in [0.15, 0.2) is 0 Å². The van der Waals surface area contributed by atoms with Gasteiger partial charge in [0.1, 0.15) is 17.6 Å². The van der Waals surface area contributed by atoms with Crippen LogP contribution < -0.4 is 9.47 Å². The summed E-state index contributed by atoms with van der Waals surface area (Å²) in [5, 5.41) is 10.3. The second kappa shape index (κ2) is 4.94. The molecule has 1 N–H and O–H groups in total. The van der Waals surface area contributed by atoms with Gasteiger partial charge in [-0.3, -0.25) is 0 Å². The maximum absolute atomic E-state index is 10.3. The first-order valence-corrected chi connectivity index (χ1v) is 6.34. The highest BCUT2D eigenvalue weighted by Crippen LogP contribution is 2.36. The highest BCUT2D eigenvalue weighted by molar-refractivity contribution is 5.43. The molecule has 2 aromatic carbocycles. The van der Waals surface area contributed by atoms with Crippen molar-refractivity contribution in [3.63, 3.8) is 0 Å². The lowest BCUT2D eigenvalue weighted by Gasteiger charge is -2.31. The normalized spacial score (nSPS) is 21.4. The molecular weight excluding hydrogens is 240 g/mol. The zero-order valence-electron chi connectivity index (χ0n) is 10.7. The van der Waals surface area contributed by atoms with Crippen LogP contribution >= 0.6 is 0 Å². The molecule has 0 saturated heterocycles. The van der Waals surface area contributed by atoms with E-state index in [0.717, 1.165) is 22.6 Å². The van der Waals surface area contributed by atoms with E-state index in [1.54, 1.807) is 7.11 Å². The zero-order chi connectivity index (χ0) is 13.2. The Hall–Kier alpha value is -2.00. The molecule has 0 spiro atoms. The van der Waals surface area contributed by atoms with E-state index in [1.165, 1.54) is 0 Å². The molecule has 3 rings (SSSR count). The number of rotatable bonds is 2. The van der Waals surface area contributed by atoms with Crippen LogP contribution in [0.2, 0.25) is 0 Å². The number of hydrogen-bond acceptors (Lipinski definition) is 3. The minimum atomic E-state index is -0.540. The van der Waals surface area contributed by atoms with Crippen molar-refractivity contribution in [3.8, 4) is 11.5 Å². The van der Waals surface area contributed by atoms with E-state index in [2.05, 4.69) is 0 Å². The van der Waals surface area contributed by atoms with E-state index in [0.29, 0.717) is 6.42 Å². The third kappa shape index (κ3) is 2.29. The number of methoxy groups -OCH3 is 1. The molecule has 3 nitrogen and oxygen atoms in total. The van der Waals surface area contributed by atoms with Gasteiger partial charge in [-0.05, 0) is 23.8 Å². The molecule has 2 aromatic rings. The van der Waals surface area contributed by atoms with Crippen LogP contribution in [0, 0.1) is 0 Å². The molecule has 1 aliphatic rings. The summed E-state index contributed by atoms with van der Waals surface area (Å²) in [5.74, 6) is 1.60. The van der Waals surface area contributed by atoms with Crippen LogP contribution in [0.4, 0.5) is 0 Å². The average molecular weight is 256 g/mol. The fourth-order valence-corrected chi connectivity index (χ4v) is 2.44. The van der Waals surface area contributed by atoms with Gasteiger partial charge in [-0.15, -0.1) is 0 Å². The lowest BCUT2D eigenvalue weighted by atomic mass is 9.95. The summed E-state index contributed by atoms with van der Waals surface area (Å²) >= 11 is 0. The van der Waals surface area contributed by atoms with Gasteiger partial charge in [-0.1, -0.05) is 30.3 Å². The smallest absolute Gasteiger partial charge is 0.150 e. The Balaban J connectivity index is 1.92. The van der Waals surface area contributed by atoms with E-state index in [9.17, 15) is 5.11 Å². The lowest BCUT2D eigenvalue weighted by molar-refractivity contribution is 0.0207. The van der Waals surface area contributed by atoms with Crippen molar-refractivity contribution < 1.29 is 14.6 Å². The number of fused-ring (bicyclic) bond motifs is 1. The van der Waals surface area contributed by atoms with Crippen LogP contribution in [0.25, 0.3) is 0 Å². The van der Waals surface area contributed by atoms with Crippen molar-refractivity contribution in [1.29, 1.82) is 0 Å². The molecule has 0 saturated carbocycles. The largest absolute Gasteiger partial charge is 0.497 e. The van der Waals surface area contributed by atoms with Gasteiger partial charge in [0.05, 0.1) is 13.2 Å². The van der Waals surface area contributed by atoms with Gasteiger partial charge in [-0.25, -0.2) is 0 Å². The maximum atomic E-state index is 10.3. The van der Waals surface area contributed by atoms with Crippen LogP contribution in [0.1, 0.15) is 17.2 Å². The van der Waals surface area contributed by atoms with Crippen molar-refractivity contribution in [2.45, 2.75) is 18.6 Å². The highest BCUT2D eigenvalue weighted by atomic mass is 16.5. The predicted molar refractivity (Wildman–Crippen MR) is 72.5 cm³/mol. The SMILES string of the molecule is COc1ccc2c(c1)C[C@H](O)[C@@H](c1ccccc1)O2. The fourth-order valence-electron chi connectivity index (χ4n) is 2.44. The molecule has 19 heavy (non-hydrogen) atoms. The molecule has 0 unspecified atom stereocenters. The molecule has 0 amide bonds. The predicted octanol–water partition coefficient (Wildman–Crippen LogP) is 2.73. The van der Waals surface area contributed by atoms with Gasteiger partial charge in [-0.2, -0.15) is 0 Å². The van der Waals surface area contributed by atoms with Crippen molar-refractivity contribution in [1.82, 2.24) is 0 Å². The quantitative estimate of drug-likeness (QED) is 0.898. The minimum absolute atomic E-state index is 0.304. The van der Waals surface area contributed by atoms with E-state index < -0.39 is 6.10 Å². The van der Waals surface area contributed by atoms with Crippen LogP contribution in [0.5, 0.6) is 11.5 Å². The first kappa shape index (κ1) is 12.1. The summed E-state index contributed by atoms with van der Waals surface area (Å²) in [6.45, 7) is 0. The molecule has 2 atom stereocenters. The van der Waals surface area contributed by atoms with Crippen molar-refractivity contribution in [3.05, 3.63) is 59.7 Å². The Labute approximate surface area is 112 Å². The molecule has 0 aliphatic carbocycles. The Morgan fingerprint density at radius 3 is 2.68 bits per heavy atom. The van der Waals surface area contributed by atoms with E-state index in [4.69, 9.17) is 9.47 Å². The van der Waals surface area contributed by atoms with Crippen LogP contribution in [-0.2, 0) is 6.42 Å². The zero-order valence-corrected chi connectivity index (χ0v) is 10.7. The Bertz CT molecular complexity index is 565. The van der Waals surface area contributed by atoms with Gasteiger partial charge < -0.3 is 14.6 Å². The second-order valence-electron chi connectivity index (χ2n) is 4.69. The molecular formula is C16H16O3. The number of benzene rings is 2. The molecule has 0 bridgehead atoms. The molecule has 1 heterocycles. The Kier molecular flexibility index (Phi) is 3.13. The number of hydrogen-bond donors (Lipinski definition) is 1. The Morgan fingerprint density at radius 2 is 1.95 bits per heavy atom. The third-order valence-electron chi connectivity index (χ3n) is 3.43. The van der Waals surface area contributed by atoms with Crippen LogP contribution in [0.3, 0.4) is 0 Å². The van der Waals surface area contributed by atoms with Gasteiger partial charge >= 0.3 is 0 Å². The summed E-state index contributed by atoms with van der Waals surface area (Å²) in [5.41, 5.74) is 1.98. The van der Waals surface area contributed by atoms with Crippen LogP contribution in [-0.4, -0.2) is 18.3 Å². The topological polar surface area (TPSA) is 38.7 Å². The summed E-state index contributed by atoms with van der Waals surface area (Å²) in [7, 11) is 1.63. The number of aliphatic hydroxyl groups excluding tert-OH is 1. The van der Waals surface area contributed by atoms with Crippen molar-refractivity contribution >= 4 is 0 Å².